The summed E-state index contributed by atoms with van der Waals surface area (Å²) in [5.74, 6) is 0.898. The highest BCUT2D eigenvalue weighted by atomic mass is 16.5. The van der Waals surface area contributed by atoms with Crippen molar-refractivity contribution in [3.8, 4) is 0 Å². The zero-order chi connectivity index (χ0) is 13.2. The molecule has 0 saturated heterocycles. The van der Waals surface area contributed by atoms with Crippen LogP contribution in [0.3, 0.4) is 0 Å². The normalized spacial score (nSPS) is 18.4. The number of fused-ring (bicyclic) bond motifs is 1. The summed E-state index contributed by atoms with van der Waals surface area (Å²) in [7, 11) is 1.56. The summed E-state index contributed by atoms with van der Waals surface area (Å²) in [6.45, 7) is 2.95. The highest BCUT2D eigenvalue weighted by Gasteiger charge is 2.30. The summed E-state index contributed by atoms with van der Waals surface area (Å²) < 4.78 is 4.97. The molecule has 1 aromatic carbocycles. The second-order valence-corrected chi connectivity index (χ2v) is 5.36. The van der Waals surface area contributed by atoms with E-state index in [-0.39, 0.29) is 12.5 Å². The molecule has 4 heteroatoms. The van der Waals surface area contributed by atoms with E-state index in [1.165, 1.54) is 18.5 Å². The molecule has 102 valence electrons. The molecule has 1 aromatic rings. The van der Waals surface area contributed by atoms with Gasteiger partial charge in [0.1, 0.15) is 6.61 Å². The third-order valence-electron chi connectivity index (χ3n) is 3.85. The Morgan fingerprint density at radius 2 is 2.00 bits per heavy atom. The maximum atomic E-state index is 12.1. The Bertz CT molecular complexity index is 471. The monoisotopic (exact) mass is 260 g/mol. The smallest absolute Gasteiger partial charge is 0.253 e. The van der Waals surface area contributed by atoms with Crippen LogP contribution in [0.4, 0.5) is 11.4 Å². The van der Waals surface area contributed by atoms with Gasteiger partial charge < -0.3 is 14.5 Å². The molecule has 0 unspecified atom stereocenters. The molecule has 0 aromatic heterocycles. The Labute approximate surface area is 113 Å². The van der Waals surface area contributed by atoms with Gasteiger partial charge in [-0.05, 0) is 30.9 Å². The topological polar surface area (TPSA) is 32.8 Å². The molecule has 1 fully saturated rings. The van der Waals surface area contributed by atoms with Crippen LogP contribution in [0, 0.1) is 5.92 Å². The lowest BCUT2D eigenvalue weighted by molar-refractivity contribution is -0.122. The number of hydrogen-bond donors (Lipinski definition) is 0. The first kappa shape index (κ1) is 12.5. The highest BCUT2D eigenvalue weighted by molar-refractivity contribution is 5.98. The predicted octanol–water partition coefficient (Wildman–Crippen LogP) is 1.90. The van der Waals surface area contributed by atoms with Crippen molar-refractivity contribution >= 4 is 17.3 Å². The van der Waals surface area contributed by atoms with Gasteiger partial charge in [-0.15, -0.1) is 0 Å². The van der Waals surface area contributed by atoms with Gasteiger partial charge >= 0.3 is 0 Å². The van der Waals surface area contributed by atoms with Crippen LogP contribution in [0.2, 0.25) is 0 Å². The van der Waals surface area contributed by atoms with Gasteiger partial charge in [-0.2, -0.15) is 0 Å². The number of ether oxygens (including phenoxy) is 1. The van der Waals surface area contributed by atoms with Crippen LogP contribution in [-0.4, -0.2) is 39.3 Å². The first-order valence-corrected chi connectivity index (χ1v) is 6.93. The van der Waals surface area contributed by atoms with Crippen molar-refractivity contribution in [2.24, 2.45) is 5.92 Å². The van der Waals surface area contributed by atoms with E-state index in [9.17, 15) is 4.79 Å². The number of benzene rings is 1. The number of anilines is 2. The quantitative estimate of drug-likeness (QED) is 0.829. The van der Waals surface area contributed by atoms with Crippen molar-refractivity contribution in [2.75, 3.05) is 43.2 Å². The maximum absolute atomic E-state index is 12.1. The van der Waals surface area contributed by atoms with Crippen LogP contribution < -0.4 is 9.80 Å². The van der Waals surface area contributed by atoms with E-state index in [0.717, 1.165) is 31.2 Å². The van der Waals surface area contributed by atoms with Crippen molar-refractivity contribution in [3.05, 3.63) is 24.3 Å². The van der Waals surface area contributed by atoms with Crippen LogP contribution in [0.15, 0.2) is 24.3 Å². The van der Waals surface area contributed by atoms with Gasteiger partial charge in [0.2, 0.25) is 0 Å². The lowest BCUT2D eigenvalue weighted by Gasteiger charge is -2.37. The minimum Gasteiger partial charge on any atom is -0.375 e. The molecule has 1 heterocycles. The molecule has 4 nitrogen and oxygen atoms in total. The molecule has 0 spiro atoms. The molecule has 1 aliphatic carbocycles. The number of hydrogen-bond acceptors (Lipinski definition) is 3. The zero-order valence-corrected chi connectivity index (χ0v) is 11.3. The Morgan fingerprint density at radius 3 is 2.68 bits per heavy atom. The average Bonchev–Trinajstić information content (AvgIpc) is 3.23. The van der Waals surface area contributed by atoms with E-state index in [1.807, 2.05) is 23.1 Å². The van der Waals surface area contributed by atoms with E-state index in [2.05, 4.69) is 11.0 Å². The minimum atomic E-state index is 0.0426. The zero-order valence-electron chi connectivity index (χ0n) is 11.3. The average molecular weight is 260 g/mol. The van der Waals surface area contributed by atoms with Gasteiger partial charge in [0, 0.05) is 26.7 Å². The SMILES string of the molecule is COCC(=O)N1CCN(CC2CC2)c2ccccc21. The number of carbonyl (C=O) groups excluding carboxylic acids is 1. The van der Waals surface area contributed by atoms with Gasteiger partial charge in [0.15, 0.2) is 0 Å². The summed E-state index contributed by atoms with van der Waals surface area (Å²) >= 11 is 0. The second-order valence-electron chi connectivity index (χ2n) is 5.36. The number of para-hydroxylation sites is 2. The van der Waals surface area contributed by atoms with E-state index >= 15 is 0 Å². The predicted molar refractivity (Wildman–Crippen MR) is 75.6 cm³/mol. The Morgan fingerprint density at radius 1 is 1.26 bits per heavy atom. The summed E-state index contributed by atoms with van der Waals surface area (Å²) in [6.07, 6.45) is 2.70. The van der Waals surface area contributed by atoms with Gasteiger partial charge in [-0.1, -0.05) is 12.1 Å². The number of amides is 1. The van der Waals surface area contributed by atoms with Crippen LogP contribution >= 0.6 is 0 Å². The Hall–Kier alpha value is -1.55. The van der Waals surface area contributed by atoms with Crippen LogP contribution in [0.1, 0.15) is 12.8 Å². The Balaban J connectivity index is 1.84. The Kier molecular flexibility index (Phi) is 3.42. The second kappa shape index (κ2) is 5.21. The summed E-state index contributed by atoms with van der Waals surface area (Å²) in [5.41, 5.74) is 2.21. The fraction of sp³-hybridized carbons (Fsp3) is 0.533. The van der Waals surface area contributed by atoms with Crippen molar-refractivity contribution < 1.29 is 9.53 Å². The fourth-order valence-corrected chi connectivity index (χ4v) is 2.68. The number of methoxy groups -OCH3 is 1. The fourth-order valence-electron chi connectivity index (χ4n) is 2.68. The number of carbonyl (C=O) groups is 1. The molecule has 0 radical (unpaired) electrons. The molecular formula is C15H20N2O2. The molecule has 1 saturated carbocycles. The van der Waals surface area contributed by atoms with Crippen molar-refractivity contribution in [1.82, 2.24) is 0 Å². The minimum absolute atomic E-state index is 0.0426. The summed E-state index contributed by atoms with van der Waals surface area (Å²) in [5, 5.41) is 0. The molecule has 1 aliphatic heterocycles. The summed E-state index contributed by atoms with van der Waals surface area (Å²) in [4.78, 5) is 16.4. The van der Waals surface area contributed by atoms with Crippen molar-refractivity contribution in [3.63, 3.8) is 0 Å². The molecule has 1 amide bonds. The molecule has 0 atom stereocenters. The lowest BCUT2D eigenvalue weighted by atomic mass is 10.1. The van der Waals surface area contributed by atoms with Crippen molar-refractivity contribution in [1.29, 1.82) is 0 Å². The first-order valence-electron chi connectivity index (χ1n) is 6.93. The van der Waals surface area contributed by atoms with E-state index < -0.39 is 0 Å². The third-order valence-corrected chi connectivity index (χ3v) is 3.85. The molecule has 0 N–H and O–H groups in total. The van der Waals surface area contributed by atoms with E-state index in [4.69, 9.17) is 4.74 Å². The highest BCUT2D eigenvalue weighted by Crippen LogP contribution is 2.37. The van der Waals surface area contributed by atoms with Gasteiger partial charge in [0.25, 0.3) is 5.91 Å². The summed E-state index contributed by atoms with van der Waals surface area (Å²) in [6, 6.07) is 8.18. The van der Waals surface area contributed by atoms with Crippen LogP contribution in [0.25, 0.3) is 0 Å². The van der Waals surface area contributed by atoms with Gasteiger partial charge in [-0.3, -0.25) is 4.79 Å². The maximum Gasteiger partial charge on any atom is 0.253 e. The molecular weight excluding hydrogens is 240 g/mol. The van der Waals surface area contributed by atoms with Gasteiger partial charge in [-0.25, -0.2) is 0 Å². The molecule has 0 bridgehead atoms. The number of rotatable bonds is 4. The standard InChI is InChI=1S/C15H20N2O2/c1-19-11-15(18)17-9-8-16(10-12-6-7-12)13-4-2-3-5-14(13)17/h2-5,12H,6-11H2,1H3. The van der Waals surface area contributed by atoms with E-state index in [0.29, 0.717) is 0 Å². The largest absolute Gasteiger partial charge is 0.375 e. The first-order chi connectivity index (χ1) is 9.29. The lowest BCUT2D eigenvalue weighted by Crippen LogP contribution is -2.45. The number of nitrogens with zero attached hydrogens (tertiary/aromatic N) is 2. The molecule has 3 rings (SSSR count). The van der Waals surface area contributed by atoms with Gasteiger partial charge in [0.05, 0.1) is 11.4 Å². The molecule has 19 heavy (non-hydrogen) atoms. The molecule has 2 aliphatic rings. The third kappa shape index (κ3) is 2.59. The van der Waals surface area contributed by atoms with Crippen LogP contribution in [0.5, 0.6) is 0 Å². The van der Waals surface area contributed by atoms with Crippen molar-refractivity contribution in [2.45, 2.75) is 12.8 Å². The van der Waals surface area contributed by atoms with E-state index in [1.54, 1.807) is 7.11 Å². The van der Waals surface area contributed by atoms with Crippen LogP contribution in [-0.2, 0) is 9.53 Å².